The van der Waals surface area contributed by atoms with Crippen LogP contribution >= 0.6 is 0 Å². The smallest absolute Gasteiger partial charge is 0.253 e. The fourth-order valence-corrected chi connectivity index (χ4v) is 4.46. The lowest BCUT2D eigenvalue weighted by Gasteiger charge is -2.46. The molecule has 1 aromatic heterocycles. The molecule has 0 N–H and O–H groups in total. The van der Waals surface area contributed by atoms with Crippen LogP contribution in [-0.2, 0) is 26.5 Å². The molecule has 3 aliphatic rings. The number of carbonyl (C=O) groups is 2. The lowest BCUT2D eigenvalue weighted by atomic mass is 9.88. The normalized spacial score (nSPS) is 25.0. The standard InChI is InChI=1S/C19H28N4O3/c1-14(2)16(24)22-10-5-19(6-11-22)18-20-7-12-23(18)13-15(26-19)17(25)21-8-3-4-9-21/h7,12,14-15H,3-6,8-11,13H2,1-2H3/t15-/m0/s1. The minimum absolute atomic E-state index is 0.00260. The molecular weight excluding hydrogens is 332 g/mol. The van der Waals surface area contributed by atoms with Crippen molar-refractivity contribution >= 4 is 11.8 Å². The van der Waals surface area contributed by atoms with Crippen LogP contribution in [0.25, 0.3) is 0 Å². The van der Waals surface area contributed by atoms with Crippen molar-refractivity contribution in [2.75, 3.05) is 26.2 Å². The van der Waals surface area contributed by atoms with Crippen LogP contribution in [0.3, 0.4) is 0 Å². The van der Waals surface area contributed by atoms with Crippen LogP contribution in [-0.4, -0.2) is 63.4 Å². The molecule has 0 radical (unpaired) electrons. The van der Waals surface area contributed by atoms with E-state index in [0.717, 1.165) is 31.8 Å². The zero-order chi connectivity index (χ0) is 18.3. The van der Waals surface area contributed by atoms with E-state index in [1.165, 1.54) is 0 Å². The summed E-state index contributed by atoms with van der Waals surface area (Å²) in [5, 5.41) is 0. The van der Waals surface area contributed by atoms with Crippen LogP contribution in [0.5, 0.6) is 0 Å². The van der Waals surface area contributed by atoms with Crippen LogP contribution in [0, 0.1) is 5.92 Å². The number of nitrogens with zero attached hydrogens (tertiary/aromatic N) is 4. The van der Waals surface area contributed by atoms with E-state index < -0.39 is 11.7 Å². The van der Waals surface area contributed by atoms with E-state index in [9.17, 15) is 9.59 Å². The lowest BCUT2D eigenvalue weighted by Crippen LogP contribution is -2.55. The zero-order valence-electron chi connectivity index (χ0n) is 15.7. The molecule has 4 heterocycles. The minimum atomic E-state index is -0.560. The lowest BCUT2D eigenvalue weighted by molar-refractivity contribution is -0.182. The Balaban J connectivity index is 1.54. The largest absolute Gasteiger partial charge is 0.352 e. The van der Waals surface area contributed by atoms with E-state index in [2.05, 4.69) is 9.55 Å². The molecular formula is C19H28N4O3. The Kier molecular flexibility index (Phi) is 4.50. The second-order valence-electron chi connectivity index (χ2n) is 8.02. The Bertz CT molecular complexity index is 685. The van der Waals surface area contributed by atoms with Gasteiger partial charge in [0.15, 0.2) is 6.10 Å². The predicted molar refractivity (Wildman–Crippen MR) is 95.2 cm³/mol. The van der Waals surface area contributed by atoms with Crippen molar-refractivity contribution in [1.29, 1.82) is 0 Å². The highest BCUT2D eigenvalue weighted by molar-refractivity contribution is 5.81. The number of ether oxygens (including phenoxy) is 1. The van der Waals surface area contributed by atoms with Gasteiger partial charge in [-0.15, -0.1) is 0 Å². The van der Waals surface area contributed by atoms with Crippen molar-refractivity contribution in [3.8, 4) is 0 Å². The van der Waals surface area contributed by atoms with Crippen molar-refractivity contribution < 1.29 is 14.3 Å². The number of fused-ring (bicyclic) bond motifs is 2. The summed E-state index contributed by atoms with van der Waals surface area (Å²) in [7, 11) is 0. The van der Waals surface area contributed by atoms with Crippen molar-refractivity contribution in [3.63, 3.8) is 0 Å². The summed E-state index contributed by atoms with van der Waals surface area (Å²) in [5.41, 5.74) is -0.560. The van der Waals surface area contributed by atoms with E-state index in [1.807, 2.05) is 29.8 Å². The van der Waals surface area contributed by atoms with Gasteiger partial charge in [0, 0.05) is 57.3 Å². The van der Waals surface area contributed by atoms with E-state index in [4.69, 9.17) is 4.74 Å². The third-order valence-corrected chi connectivity index (χ3v) is 5.92. The van der Waals surface area contributed by atoms with Gasteiger partial charge in [0.05, 0.1) is 6.54 Å². The molecule has 0 aromatic carbocycles. The number of rotatable bonds is 2. The van der Waals surface area contributed by atoms with Gasteiger partial charge in [-0.25, -0.2) is 4.98 Å². The van der Waals surface area contributed by atoms with E-state index in [0.29, 0.717) is 32.5 Å². The number of hydrogen-bond acceptors (Lipinski definition) is 4. The second kappa shape index (κ2) is 6.68. The third kappa shape index (κ3) is 2.92. The van der Waals surface area contributed by atoms with Gasteiger partial charge in [-0.1, -0.05) is 13.8 Å². The fraction of sp³-hybridized carbons (Fsp3) is 0.737. The molecule has 2 saturated heterocycles. The number of likely N-dealkylation sites (tertiary alicyclic amines) is 2. The molecule has 26 heavy (non-hydrogen) atoms. The van der Waals surface area contributed by atoms with Crippen LogP contribution in [0.4, 0.5) is 0 Å². The molecule has 7 heteroatoms. The molecule has 3 aliphatic heterocycles. The molecule has 1 aromatic rings. The second-order valence-corrected chi connectivity index (χ2v) is 8.02. The van der Waals surface area contributed by atoms with Gasteiger partial charge < -0.3 is 19.1 Å². The SMILES string of the molecule is CC(C)C(=O)N1CCC2(CC1)O[C@H](C(=O)N1CCCC1)Cn1ccnc12. The molecule has 0 bridgehead atoms. The van der Waals surface area contributed by atoms with Gasteiger partial charge in [0.2, 0.25) is 5.91 Å². The van der Waals surface area contributed by atoms with Crippen molar-refractivity contribution in [2.45, 2.75) is 57.8 Å². The molecule has 0 aliphatic carbocycles. The van der Waals surface area contributed by atoms with Gasteiger partial charge in [0.25, 0.3) is 5.91 Å². The summed E-state index contributed by atoms with van der Waals surface area (Å²) >= 11 is 0. The average molecular weight is 360 g/mol. The third-order valence-electron chi connectivity index (χ3n) is 5.92. The van der Waals surface area contributed by atoms with Crippen molar-refractivity contribution in [1.82, 2.24) is 19.4 Å². The van der Waals surface area contributed by atoms with E-state index in [1.54, 1.807) is 6.20 Å². The molecule has 142 valence electrons. The Hall–Kier alpha value is -1.89. The molecule has 4 rings (SSSR count). The maximum absolute atomic E-state index is 12.9. The van der Waals surface area contributed by atoms with Crippen molar-refractivity contribution in [3.05, 3.63) is 18.2 Å². The summed E-state index contributed by atoms with van der Waals surface area (Å²) in [6.07, 6.45) is 6.79. The summed E-state index contributed by atoms with van der Waals surface area (Å²) in [6, 6.07) is 0. The van der Waals surface area contributed by atoms with Crippen LogP contribution < -0.4 is 0 Å². The molecule has 7 nitrogen and oxygen atoms in total. The summed E-state index contributed by atoms with van der Waals surface area (Å²) in [6.45, 7) is 7.35. The number of hydrogen-bond donors (Lipinski definition) is 0. The molecule has 1 spiro atoms. The number of amides is 2. The minimum Gasteiger partial charge on any atom is -0.352 e. The van der Waals surface area contributed by atoms with E-state index >= 15 is 0 Å². The molecule has 0 unspecified atom stereocenters. The average Bonchev–Trinajstić information content (AvgIpc) is 3.33. The van der Waals surface area contributed by atoms with Crippen LogP contribution in [0.15, 0.2) is 12.4 Å². The number of imidazole rings is 1. The molecule has 2 fully saturated rings. The maximum Gasteiger partial charge on any atom is 0.253 e. The highest BCUT2D eigenvalue weighted by atomic mass is 16.5. The Labute approximate surface area is 154 Å². The highest BCUT2D eigenvalue weighted by Crippen LogP contribution is 2.40. The monoisotopic (exact) mass is 360 g/mol. The Morgan fingerprint density at radius 2 is 1.85 bits per heavy atom. The molecule has 1 atom stereocenters. The summed E-state index contributed by atoms with van der Waals surface area (Å²) < 4.78 is 8.52. The van der Waals surface area contributed by atoms with Gasteiger partial charge in [-0.05, 0) is 12.8 Å². The van der Waals surface area contributed by atoms with E-state index in [-0.39, 0.29) is 17.7 Å². The van der Waals surface area contributed by atoms with Crippen molar-refractivity contribution in [2.24, 2.45) is 5.92 Å². The number of carbonyl (C=O) groups excluding carboxylic acids is 2. The van der Waals surface area contributed by atoms with Gasteiger partial charge in [-0.3, -0.25) is 9.59 Å². The zero-order valence-corrected chi connectivity index (χ0v) is 15.7. The van der Waals surface area contributed by atoms with Gasteiger partial charge in [0.1, 0.15) is 11.4 Å². The highest BCUT2D eigenvalue weighted by Gasteiger charge is 2.48. The van der Waals surface area contributed by atoms with Crippen LogP contribution in [0.1, 0.15) is 45.4 Å². The first kappa shape index (κ1) is 17.5. The Morgan fingerprint density at radius 3 is 2.50 bits per heavy atom. The molecule has 2 amide bonds. The fourth-order valence-electron chi connectivity index (χ4n) is 4.46. The maximum atomic E-state index is 12.9. The molecule has 0 saturated carbocycles. The van der Waals surface area contributed by atoms with Gasteiger partial charge in [-0.2, -0.15) is 0 Å². The first-order chi connectivity index (χ1) is 12.5. The van der Waals surface area contributed by atoms with Gasteiger partial charge >= 0.3 is 0 Å². The first-order valence-electron chi connectivity index (χ1n) is 9.77. The Morgan fingerprint density at radius 1 is 1.15 bits per heavy atom. The predicted octanol–water partition coefficient (Wildman–Crippen LogP) is 1.38. The quantitative estimate of drug-likeness (QED) is 0.799. The summed E-state index contributed by atoms with van der Waals surface area (Å²) in [4.78, 5) is 33.6. The first-order valence-corrected chi connectivity index (χ1v) is 9.77. The number of piperidine rings is 1. The number of aromatic nitrogens is 2. The van der Waals surface area contributed by atoms with Crippen LogP contribution in [0.2, 0.25) is 0 Å². The topological polar surface area (TPSA) is 67.7 Å². The summed E-state index contributed by atoms with van der Waals surface area (Å²) in [5.74, 6) is 1.19.